The van der Waals surface area contributed by atoms with Crippen molar-refractivity contribution in [2.24, 2.45) is 5.92 Å². The van der Waals surface area contributed by atoms with Crippen LogP contribution < -0.4 is 0 Å². The summed E-state index contributed by atoms with van der Waals surface area (Å²) >= 11 is 0. The third kappa shape index (κ3) is 1.74. The Bertz CT molecular complexity index is 561. The molecule has 2 atom stereocenters. The lowest BCUT2D eigenvalue weighted by molar-refractivity contribution is 0.363. The van der Waals surface area contributed by atoms with Crippen molar-refractivity contribution in [1.29, 1.82) is 0 Å². The maximum atomic E-state index is 2.39. The smallest absolute Gasteiger partial charge is 0.0202 e. The van der Waals surface area contributed by atoms with Crippen LogP contribution in [0.3, 0.4) is 0 Å². The first-order valence-electron chi connectivity index (χ1n) is 8.23. The van der Waals surface area contributed by atoms with E-state index in [-0.39, 0.29) is 0 Å². The van der Waals surface area contributed by atoms with Crippen LogP contribution in [0, 0.1) is 5.92 Å². The molecule has 0 nitrogen and oxygen atoms in total. The molecule has 2 aliphatic carbocycles. The van der Waals surface area contributed by atoms with Crippen LogP contribution in [-0.2, 0) is 5.41 Å². The van der Waals surface area contributed by atoms with Crippen molar-refractivity contribution in [3.8, 4) is 0 Å². The molecule has 0 saturated heterocycles. The quantitative estimate of drug-likeness (QED) is 0.640. The van der Waals surface area contributed by atoms with Crippen LogP contribution in [0.25, 0.3) is 5.57 Å². The number of hydrogen-bond acceptors (Lipinski definition) is 0. The van der Waals surface area contributed by atoms with Gasteiger partial charge in [-0.15, -0.1) is 0 Å². The molecule has 3 rings (SSSR count). The predicted molar refractivity (Wildman–Crippen MR) is 87.8 cm³/mol. The van der Waals surface area contributed by atoms with Gasteiger partial charge in [0.15, 0.2) is 0 Å². The average Bonchev–Trinajstić information content (AvgIpc) is 3.01. The molecule has 0 amide bonds. The summed E-state index contributed by atoms with van der Waals surface area (Å²) in [4.78, 5) is 0. The summed E-state index contributed by atoms with van der Waals surface area (Å²) in [5.41, 5.74) is 6.59. The van der Waals surface area contributed by atoms with E-state index in [1.807, 2.05) is 0 Å². The fourth-order valence-electron chi connectivity index (χ4n) is 4.68. The van der Waals surface area contributed by atoms with Crippen molar-refractivity contribution in [3.63, 3.8) is 0 Å². The lowest BCUT2D eigenvalue weighted by Crippen LogP contribution is -2.29. The van der Waals surface area contributed by atoms with Gasteiger partial charge in [0.25, 0.3) is 0 Å². The molecule has 1 aromatic carbocycles. The van der Waals surface area contributed by atoms with E-state index in [1.165, 1.54) is 36.8 Å². The second-order valence-electron chi connectivity index (χ2n) is 6.36. The summed E-state index contributed by atoms with van der Waals surface area (Å²) in [5, 5.41) is 0. The third-order valence-electron chi connectivity index (χ3n) is 5.60. The molecule has 0 heterocycles. The second-order valence-corrected chi connectivity index (χ2v) is 6.36. The van der Waals surface area contributed by atoms with Crippen molar-refractivity contribution in [2.75, 3.05) is 0 Å². The van der Waals surface area contributed by atoms with Crippen LogP contribution in [0.5, 0.6) is 0 Å². The molecule has 1 unspecified atom stereocenters. The number of rotatable bonds is 3. The van der Waals surface area contributed by atoms with Crippen LogP contribution in [0.4, 0.5) is 0 Å². The van der Waals surface area contributed by atoms with E-state index in [4.69, 9.17) is 0 Å². The van der Waals surface area contributed by atoms with Crippen LogP contribution in [0.15, 0.2) is 42.0 Å². The summed E-state index contributed by atoms with van der Waals surface area (Å²) in [5.74, 6) is 0.830. The lowest BCUT2D eigenvalue weighted by atomic mass is 9.69. The standard InChI is InChI=1S/C20H26/c1-4-6-11-17-15(3)20(14-9-10-16(20)5-2)19-13-8-7-12-18(17)19/h6-8,11-13,16H,4-5,9-10,14H2,1-3H3/b11-6-/t16-,20?/m0/s1. The van der Waals surface area contributed by atoms with E-state index in [2.05, 4.69) is 57.2 Å². The molecule has 0 N–H and O–H groups in total. The Morgan fingerprint density at radius 3 is 2.80 bits per heavy atom. The number of allylic oxidation sites excluding steroid dienone is 4. The Morgan fingerprint density at radius 1 is 1.25 bits per heavy atom. The highest BCUT2D eigenvalue weighted by Gasteiger charge is 2.49. The molecule has 0 bridgehead atoms. The highest BCUT2D eigenvalue weighted by Crippen LogP contribution is 2.58. The van der Waals surface area contributed by atoms with Gasteiger partial charge in [-0.25, -0.2) is 0 Å². The number of benzene rings is 1. The Morgan fingerprint density at radius 2 is 2.05 bits per heavy atom. The molecule has 0 aromatic heterocycles. The van der Waals surface area contributed by atoms with Gasteiger partial charge >= 0.3 is 0 Å². The van der Waals surface area contributed by atoms with Crippen LogP contribution in [-0.4, -0.2) is 0 Å². The van der Waals surface area contributed by atoms with E-state index in [1.54, 1.807) is 11.1 Å². The molecule has 20 heavy (non-hydrogen) atoms. The van der Waals surface area contributed by atoms with Gasteiger partial charge in [0.1, 0.15) is 0 Å². The SMILES string of the molecule is CC/C=C\C1=C(C)C2(CCC[C@@H]2CC)c2ccccc21. The zero-order valence-electron chi connectivity index (χ0n) is 13.1. The van der Waals surface area contributed by atoms with E-state index in [0.29, 0.717) is 5.41 Å². The van der Waals surface area contributed by atoms with E-state index < -0.39 is 0 Å². The highest BCUT2D eigenvalue weighted by molar-refractivity contribution is 5.86. The molecular formula is C20H26. The minimum Gasteiger partial charge on any atom is -0.0842 e. The molecule has 1 spiro atoms. The number of hydrogen-bond donors (Lipinski definition) is 0. The molecular weight excluding hydrogens is 240 g/mol. The van der Waals surface area contributed by atoms with E-state index >= 15 is 0 Å². The molecule has 1 saturated carbocycles. The van der Waals surface area contributed by atoms with Gasteiger partial charge in [0, 0.05) is 5.41 Å². The van der Waals surface area contributed by atoms with Crippen molar-refractivity contribution in [1.82, 2.24) is 0 Å². The Balaban J connectivity index is 2.20. The van der Waals surface area contributed by atoms with Gasteiger partial charge in [0.2, 0.25) is 0 Å². The lowest BCUT2D eigenvalue weighted by Gasteiger charge is -2.34. The normalized spacial score (nSPS) is 28.9. The maximum Gasteiger partial charge on any atom is 0.0202 e. The topological polar surface area (TPSA) is 0 Å². The summed E-state index contributed by atoms with van der Waals surface area (Å²) in [6, 6.07) is 9.14. The van der Waals surface area contributed by atoms with Gasteiger partial charge in [0.05, 0.1) is 0 Å². The first kappa shape index (κ1) is 13.7. The fourth-order valence-corrected chi connectivity index (χ4v) is 4.68. The molecule has 0 radical (unpaired) electrons. The van der Waals surface area contributed by atoms with Gasteiger partial charge in [-0.3, -0.25) is 0 Å². The third-order valence-corrected chi connectivity index (χ3v) is 5.60. The highest BCUT2D eigenvalue weighted by atomic mass is 14.5. The van der Waals surface area contributed by atoms with Crippen LogP contribution in [0.1, 0.15) is 64.0 Å². The van der Waals surface area contributed by atoms with Gasteiger partial charge in [-0.05, 0) is 48.8 Å². The predicted octanol–water partition coefficient (Wildman–Crippen LogP) is 5.89. The second kappa shape index (κ2) is 5.24. The molecule has 0 aliphatic heterocycles. The zero-order chi connectivity index (χ0) is 14.2. The summed E-state index contributed by atoms with van der Waals surface area (Å²) < 4.78 is 0. The molecule has 1 aromatic rings. The molecule has 106 valence electrons. The van der Waals surface area contributed by atoms with Crippen molar-refractivity contribution >= 4 is 5.57 Å². The minimum atomic E-state index is 0.346. The first-order chi connectivity index (χ1) is 9.75. The Kier molecular flexibility index (Phi) is 3.58. The summed E-state index contributed by atoms with van der Waals surface area (Å²) in [7, 11) is 0. The molecule has 1 fully saturated rings. The maximum absolute atomic E-state index is 2.39. The minimum absolute atomic E-state index is 0.346. The first-order valence-corrected chi connectivity index (χ1v) is 8.23. The Hall–Kier alpha value is -1.30. The largest absolute Gasteiger partial charge is 0.0842 e. The zero-order valence-corrected chi connectivity index (χ0v) is 13.1. The summed E-state index contributed by atoms with van der Waals surface area (Å²) in [6.07, 6.45) is 11.2. The Labute approximate surface area is 123 Å². The van der Waals surface area contributed by atoms with Crippen LogP contribution >= 0.6 is 0 Å². The van der Waals surface area contributed by atoms with Crippen LogP contribution in [0.2, 0.25) is 0 Å². The monoisotopic (exact) mass is 266 g/mol. The van der Waals surface area contributed by atoms with Crippen molar-refractivity contribution in [2.45, 2.75) is 58.3 Å². The van der Waals surface area contributed by atoms with E-state index in [9.17, 15) is 0 Å². The van der Waals surface area contributed by atoms with Gasteiger partial charge < -0.3 is 0 Å². The fraction of sp³-hybridized carbons (Fsp3) is 0.500. The number of fused-ring (bicyclic) bond motifs is 2. The molecule has 0 heteroatoms. The van der Waals surface area contributed by atoms with Gasteiger partial charge in [-0.2, -0.15) is 0 Å². The van der Waals surface area contributed by atoms with Crippen molar-refractivity contribution < 1.29 is 0 Å². The average molecular weight is 266 g/mol. The molecule has 2 aliphatic rings. The van der Waals surface area contributed by atoms with Gasteiger partial charge in [-0.1, -0.05) is 68.7 Å². The van der Waals surface area contributed by atoms with E-state index in [0.717, 1.165) is 12.3 Å². The van der Waals surface area contributed by atoms with Crippen molar-refractivity contribution in [3.05, 3.63) is 53.1 Å². The summed E-state index contributed by atoms with van der Waals surface area (Å²) in [6.45, 7) is 6.98.